The van der Waals surface area contributed by atoms with Crippen LogP contribution < -0.4 is 26.0 Å². The van der Waals surface area contributed by atoms with Gasteiger partial charge in [-0.2, -0.15) is 13.2 Å². The third kappa shape index (κ3) is 13.2. The Hall–Kier alpha value is -5.25. The SMILES string of the molecule is CCCCCCCCCCNC(=O)c1ccc[n+](CC2=C(C(=O)[O-])N3C(=O)[C@@H](NC(=O)/C(=N\OC(C)(C)C(=O)O)c4csc(N)n4)[C@H]3SC2)c1.O=C(O)C(F)(F)F. The van der Waals surface area contributed by atoms with Gasteiger partial charge >= 0.3 is 18.1 Å². The number of pyridine rings is 1. The number of nitrogens with zero attached hydrogens (tertiary/aromatic N) is 4. The smallest absolute Gasteiger partial charge is 0.490 e. The molecule has 3 amide bonds. The second-order valence-electron chi connectivity index (χ2n) is 13.3. The molecule has 0 radical (unpaired) electrons. The lowest BCUT2D eigenvalue weighted by atomic mass is 10.0. The van der Waals surface area contributed by atoms with Crippen LogP contribution in [0.1, 0.15) is 88.2 Å². The molecule has 0 spiro atoms. The number of carbonyl (C=O) groups is 6. The number of carboxylic acids is 3. The number of carboxylic acid groups (broad SMARTS) is 3. The number of aromatic nitrogens is 2. The number of thioether (sulfide) groups is 1. The van der Waals surface area contributed by atoms with Crippen molar-refractivity contribution >= 4 is 69.6 Å². The number of halogens is 3. The molecule has 0 bridgehead atoms. The van der Waals surface area contributed by atoms with E-state index in [-0.39, 0.29) is 34.7 Å². The van der Waals surface area contributed by atoms with E-state index in [9.17, 15) is 47.4 Å². The predicted molar refractivity (Wildman–Crippen MR) is 198 cm³/mol. The molecule has 4 heterocycles. The summed E-state index contributed by atoms with van der Waals surface area (Å²) in [5.41, 5.74) is 4.04. The minimum atomic E-state index is -5.08. The van der Waals surface area contributed by atoms with Gasteiger partial charge in [0, 0.05) is 29.3 Å². The second kappa shape index (κ2) is 20.8. The van der Waals surface area contributed by atoms with E-state index in [2.05, 4.69) is 27.7 Å². The van der Waals surface area contributed by atoms with E-state index in [0.29, 0.717) is 17.7 Å². The lowest BCUT2D eigenvalue weighted by molar-refractivity contribution is -0.689. The van der Waals surface area contributed by atoms with Gasteiger partial charge in [-0.25, -0.2) is 19.1 Å². The summed E-state index contributed by atoms with van der Waals surface area (Å²) in [5.74, 6) is -7.25. The Morgan fingerprint density at radius 3 is 2.28 bits per heavy atom. The topological polar surface area (TPSA) is 258 Å². The van der Waals surface area contributed by atoms with E-state index in [0.717, 1.165) is 35.5 Å². The largest absolute Gasteiger partial charge is 0.543 e. The van der Waals surface area contributed by atoms with Gasteiger partial charge in [-0.15, -0.1) is 23.1 Å². The maximum atomic E-state index is 13.3. The number of β-lactam (4-membered cyclic amide) rings is 1. The van der Waals surface area contributed by atoms with Gasteiger partial charge in [-0.1, -0.05) is 57.0 Å². The maximum absolute atomic E-state index is 13.3. The summed E-state index contributed by atoms with van der Waals surface area (Å²) in [6.07, 6.45) is 7.54. The number of unbranched alkanes of at least 4 members (excludes halogenated alkanes) is 7. The Morgan fingerprint density at radius 1 is 1.09 bits per heavy atom. The van der Waals surface area contributed by atoms with Gasteiger partial charge in [0.25, 0.3) is 17.7 Å². The number of aliphatic carboxylic acids is 3. The van der Waals surface area contributed by atoms with E-state index in [1.54, 1.807) is 29.1 Å². The summed E-state index contributed by atoms with van der Waals surface area (Å²) in [4.78, 5) is 82.4. The Kier molecular flexibility index (Phi) is 16.8. The van der Waals surface area contributed by atoms with Crippen molar-refractivity contribution < 1.29 is 66.7 Å². The highest BCUT2D eigenvalue weighted by Crippen LogP contribution is 2.40. The predicted octanol–water partition coefficient (Wildman–Crippen LogP) is 2.20. The lowest BCUT2D eigenvalue weighted by Gasteiger charge is -2.50. The second-order valence-corrected chi connectivity index (χ2v) is 15.3. The highest BCUT2D eigenvalue weighted by molar-refractivity contribution is 8.00. The van der Waals surface area contributed by atoms with Crippen LogP contribution in [0.25, 0.3) is 0 Å². The molecular formula is C35H44F3N7O10S2. The summed E-state index contributed by atoms with van der Waals surface area (Å²) in [6.45, 7) is 5.32. The molecule has 22 heteroatoms. The molecule has 0 aliphatic carbocycles. The van der Waals surface area contributed by atoms with Crippen LogP contribution in [0.2, 0.25) is 0 Å². The lowest BCUT2D eigenvalue weighted by Crippen LogP contribution is -2.71. The van der Waals surface area contributed by atoms with Crippen LogP contribution in [0.4, 0.5) is 18.3 Å². The molecule has 2 aromatic rings. The van der Waals surface area contributed by atoms with Crippen LogP contribution in [-0.4, -0.2) is 96.9 Å². The van der Waals surface area contributed by atoms with Crippen molar-refractivity contribution in [1.82, 2.24) is 20.5 Å². The van der Waals surface area contributed by atoms with Gasteiger partial charge in [0.15, 0.2) is 29.8 Å². The fourth-order valence-corrected chi connectivity index (χ4v) is 7.22. The molecule has 2 atom stereocenters. The van der Waals surface area contributed by atoms with Crippen molar-refractivity contribution in [2.45, 2.75) is 102 Å². The Balaban J connectivity index is 0.00000113. The van der Waals surface area contributed by atoms with Gasteiger partial charge in [0.05, 0.1) is 11.7 Å². The van der Waals surface area contributed by atoms with Crippen molar-refractivity contribution in [3.05, 3.63) is 52.4 Å². The Labute approximate surface area is 333 Å². The summed E-state index contributed by atoms with van der Waals surface area (Å²) < 4.78 is 33.4. The molecule has 2 aliphatic rings. The van der Waals surface area contributed by atoms with Crippen molar-refractivity contribution in [2.75, 3.05) is 18.0 Å². The third-order valence-corrected chi connectivity index (χ3v) is 10.5. The van der Waals surface area contributed by atoms with E-state index < -0.39 is 58.6 Å². The molecule has 57 heavy (non-hydrogen) atoms. The number of nitrogen functional groups attached to an aromatic ring is 1. The number of nitrogens with one attached hydrogen (secondary N) is 2. The Bertz CT molecular complexity index is 1870. The number of anilines is 1. The first-order valence-corrected chi connectivity index (χ1v) is 19.7. The third-order valence-electron chi connectivity index (χ3n) is 8.44. The van der Waals surface area contributed by atoms with Crippen LogP contribution in [0.5, 0.6) is 0 Å². The first-order valence-electron chi connectivity index (χ1n) is 17.8. The molecule has 1 fully saturated rings. The molecule has 2 aromatic heterocycles. The van der Waals surface area contributed by atoms with Gasteiger partial charge < -0.3 is 41.3 Å². The standard InChI is InChI=1S/C33H43N7O8S2.C2HF3O2/c1-4-5-6-7-8-9-10-11-14-35-26(41)20-13-12-15-39(16-20)17-21-18-49-29-24(28(43)40(29)25(21)30(44)45)37-27(42)23(22-19-50-32(34)36-22)38-48-33(2,3)31(46)47;3-2(4,5)1(6)7/h12-13,15-16,19,24,29H,4-11,14,17-18H2,1-3H3,(H5-,34,35,36,37,41,42,44,45,46,47);(H,6,7)/b38-23-;/t24-,29-;/m1./s1. The van der Waals surface area contributed by atoms with Crippen LogP contribution in [0, 0.1) is 0 Å². The Morgan fingerprint density at radius 2 is 1.72 bits per heavy atom. The summed E-state index contributed by atoms with van der Waals surface area (Å²) in [5, 5.41) is 38.8. The highest BCUT2D eigenvalue weighted by Gasteiger charge is 2.53. The van der Waals surface area contributed by atoms with E-state index in [4.69, 9.17) is 20.5 Å². The number of amides is 3. The molecule has 2 aliphatic heterocycles. The molecule has 0 unspecified atom stereocenters. The van der Waals surface area contributed by atoms with Crippen LogP contribution in [0.15, 0.2) is 46.3 Å². The number of hydrogen-bond donors (Lipinski definition) is 5. The molecule has 312 valence electrons. The molecule has 4 rings (SSSR count). The van der Waals surface area contributed by atoms with Crippen LogP contribution in [-0.2, 0) is 35.4 Å². The molecular weight excluding hydrogens is 800 g/mol. The normalized spacial score (nSPS) is 16.8. The van der Waals surface area contributed by atoms with Gasteiger partial charge in [-0.3, -0.25) is 19.3 Å². The molecule has 17 nitrogen and oxygen atoms in total. The highest BCUT2D eigenvalue weighted by atomic mass is 32.2. The molecule has 0 saturated carbocycles. The number of fused-ring (bicyclic) bond motifs is 1. The average molecular weight is 844 g/mol. The summed E-state index contributed by atoms with van der Waals surface area (Å²) in [7, 11) is 0. The first-order chi connectivity index (χ1) is 26.8. The number of thiazole rings is 1. The van der Waals surface area contributed by atoms with Gasteiger partial charge in [-0.05, 0) is 26.3 Å². The number of hydrogen-bond acceptors (Lipinski definition) is 13. The summed E-state index contributed by atoms with van der Waals surface area (Å²) >= 11 is 2.26. The summed E-state index contributed by atoms with van der Waals surface area (Å²) in [6, 6.07) is 2.24. The van der Waals surface area contributed by atoms with Crippen molar-refractivity contribution in [3.8, 4) is 0 Å². The zero-order valence-corrected chi connectivity index (χ0v) is 32.9. The first kappa shape index (κ1) is 46.1. The number of rotatable bonds is 19. The minimum Gasteiger partial charge on any atom is -0.543 e. The zero-order valence-electron chi connectivity index (χ0n) is 31.3. The average Bonchev–Trinajstić information content (AvgIpc) is 3.58. The minimum absolute atomic E-state index is 0.00447. The van der Waals surface area contributed by atoms with Crippen molar-refractivity contribution in [2.24, 2.45) is 5.16 Å². The van der Waals surface area contributed by atoms with Crippen molar-refractivity contribution in [3.63, 3.8) is 0 Å². The zero-order chi connectivity index (χ0) is 42.5. The van der Waals surface area contributed by atoms with Gasteiger partial charge in [0.2, 0.25) is 5.60 Å². The number of nitrogens with two attached hydrogens (primary N) is 1. The monoisotopic (exact) mass is 843 g/mol. The fourth-order valence-electron chi connectivity index (χ4n) is 5.34. The van der Waals surface area contributed by atoms with E-state index >= 15 is 0 Å². The number of oxime groups is 1. The molecule has 0 aromatic carbocycles. The molecule has 6 N–H and O–H groups in total. The number of carbonyl (C=O) groups excluding carboxylic acids is 4. The quantitative estimate of drug-likeness (QED) is 0.0448. The maximum Gasteiger partial charge on any atom is 0.490 e. The number of alkyl halides is 3. The van der Waals surface area contributed by atoms with Gasteiger partial charge in [0.1, 0.15) is 22.7 Å². The van der Waals surface area contributed by atoms with Crippen molar-refractivity contribution in [1.29, 1.82) is 0 Å². The van der Waals surface area contributed by atoms with Crippen LogP contribution in [0.3, 0.4) is 0 Å². The molecule has 1 saturated heterocycles. The van der Waals surface area contributed by atoms with E-state index in [1.807, 2.05) is 0 Å². The fraction of sp³-hybridized carbons (Fsp3) is 0.514. The van der Waals surface area contributed by atoms with E-state index in [1.165, 1.54) is 63.1 Å². The van der Waals surface area contributed by atoms with Crippen LogP contribution >= 0.6 is 23.1 Å².